The molecule has 1 aromatic heterocycles. The van der Waals surface area contributed by atoms with Gasteiger partial charge in [-0.05, 0) is 22.6 Å². The van der Waals surface area contributed by atoms with Gasteiger partial charge in [0.1, 0.15) is 23.4 Å². The van der Waals surface area contributed by atoms with Crippen LogP contribution < -0.4 is 5.32 Å². The van der Waals surface area contributed by atoms with Crippen LogP contribution in [0, 0.1) is 0 Å². The molecule has 7 nitrogen and oxygen atoms in total. The fourth-order valence-electron chi connectivity index (χ4n) is 4.27. The van der Waals surface area contributed by atoms with Crippen molar-refractivity contribution in [2.75, 3.05) is 5.75 Å². The average molecular weight is 519 g/mol. The van der Waals surface area contributed by atoms with E-state index < -0.39 is 29.4 Å². The third-order valence-corrected chi connectivity index (χ3v) is 8.17. The van der Waals surface area contributed by atoms with E-state index in [1.54, 1.807) is 0 Å². The number of esters is 1. The van der Waals surface area contributed by atoms with Crippen LogP contribution in [0.5, 0.6) is 0 Å². The number of carbonyl (C=O) groups excluding carboxylic acids is 4. The largest absolute Gasteiger partial charge is 0.448 e. The molecule has 36 heavy (non-hydrogen) atoms. The van der Waals surface area contributed by atoms with Gasteiger partial charge in [0.2, 0.25) is 5.91 Å². The summed E-state index contributed by atoms with van der Waals surface area (Å²) in [5.74, 6) is -1.22. The summed E-state index contributed by atoms with van der Waals surface area (Å²) in [6.45, 7) is 0. The maximum Gasteiger partial charge on any atom is 0.356 e. The van der Waals surface area contributed by atoms with Gasteiger partial charge in [-0.1, -0.05) is 66.7 Å². The van der Waals surface area contributed by atoms with Crippen LogP contribution in [-0.2, 0) is 30.3 Å². The van der Waals surface area contributed by atoms with Crippen molar-refractivity contribution in [3.63, 3.8) is 0 Å². The maximum absolute atomic E-state index is 13.5. The third-order valence-electron chi connectivity index (χ3n) is 5.99. The van der Waals surface area contributed by atoms with Crippen LogP contribution in [0.1, 0.15) is 22.1 Å². The van der Waals surface area contributed by atoms with E-state index in [4.69, 9.17) is 4.74 Å². The van der Waals surface area contributed by atoms with E-state index in [1.165, 1.54) is 28.0 Å². The summed E-state index contributed by atoms with van der Waals surface area (Å²) < 4.78 is 5.94. The molecule has 9 heteroatoms. The number of nitrogens with zero attached hydrogens (tertiary/aromatic N) is 1. The highest BCUT2D eigenvalue weighted by Gasteiger charge is 2.54. The first-order valence-corrected chi connectivity index (χ1v) is 13.3. The molecule has 2 amide bonds. The average Bonchev–Trinajstić information content (AvgIpc) is 3.43. The Morgan fingerprint density at radius 3 is 2.28 bits per heavy atom. The van der Waals surface area contributed by atoms with Gasteiger partial charge in [-0.25, -0.2) is 4.79 Å². The molecule has 2 aliphatic rings. The summed E-state index contributed by atoms with van der Waals surface area (Å²) in [6, 6.07) is 21.5. The van der Waals surface area contributed by atoms with E-state index in [-0.39, 0.29) is 29.4 Å². The number of β-lactam (4-membered cyclic amide) rings is 1. The molecular formula is C27H22N2O5S2. The van der Waals surface area contributed by atoms with Crippen molar-refractivity contribution in [3.8, 4) is 0 Å². The monoisotopic (exact) mass is 518 g/mol. The van der Waals surface area contributed by atoms with Crippen molar-refractivity contribution >= 4 is 47.2 Å². The number of ether oxygens (including phenoxy) is 1. The van der Waals surface area contributed by atoms with Crippen LogP contribution in [0.15, 0.2) is 89.4 Å². The molecule has 1 N–H and O–H groups in total. The van der Waals surface area contributed by atoms with Gasteiger partial charge in [0.25, 0.3) is 5.91 Å². The van der Waals surface area contributed by atoms with Gasteiger partial charge in [-0.3, -0.25) is 19.3 Å². The lowest BCUT2D eigenvalue weighted by atomic mass is 10.0. The Balaban J connectivity index is 1.36. The number of aldehydes is 1. The zero-order chi connectivity index (χ0) is 25.1. The molecule has 0 spiro atoms. The van der Waals surface area contributed by atoms with E-state index in [2.05, 4.69) is 5.32 Å². The molecule has 0 aliphatic carbocycles. The Labute approximate surface area is 216 Å². The number of benzene rings is 2. The molecule has 0 saturated carbocycles. The Morgan fingerprint density at radius 1 is 1.03 bits per heavy atom. The van der Waals surface area contributed by atoms with Gasteiger partial charge in [-0.2, -0.15) is 0 Å². The van der Waals surface area contributed by atoms with Crippen molar-refractivity contribution in [1.82, 2.24) is 10.2 Å². The first-order chi connectivity index (χ1) is 17.6. The van der Waals surface area contributed by atoms with Crippen LogP contribution in [0.25, 0.3) is 0 Å². The highest BCUT2D eigenvalue weighted by molar-refractivity contribution is 8.00. The minimum absolute atomic E-state index is 0.0561. The molecule has 0 bridgehead atoms. The zero-order valence-electron chi connectivity index (χ0n) is 19.0. The van der Waals surface area contributed by atoms with E-state index in [0.29, 0.717) is 6.29 Å². The Bertz CT molecular complexity index is 1270. The van der Waals surface area contributed by atoms with Crippen molar-refractivity contribution in [2.45, 2.75) is 23.9 Å². The summed E-state index contributed by atoms with van der Waals surface area (Å²) in [7, 11) is 0. The highest BCUT2D eigenvalue weighted by Crippen LogP contribution is 2.41. The topological polar surface area (TPSA) is 92.8 Å². The molecule has 1 saturated heterocycles. The normalized spacial score (nSPS) is 18.9. The molecule has 2 aromatic carbocycles. The Hall–Kier alpha value is -3.69. The van der Waals surface area contributed by atoms with E-state index in [9.17, 15) is 19.2 Å². The number of fused-ring (bicyclic) bond motifs is 1. The molecule has 1 fully saturated rings. The molecule has 2 atom stereocenters. The summed E-state index contributed by atoms with van der Waals surface area (Å²) in [4.78, 5) is 53.0. The van der Waals surface area contributed by atoms with Crippen molar-refractivity contribution in [1.29, 1.82) is 0 Å². The number of nitrogens with one attached hydrogen (secondary N) is 1. The van der Waals surface area contributed by atoms with E-state index in [0.717, 1.165) is 16.0 Å². The maximum atomic E-state index is 13.5. The van der Waals surface area contributed by atoms with Gasteiger partial charge in [0.05, 0.1) is 6.42 Å². The Kier molecular flexibility index (Phi) is 7.02. The predicted octanol–water partition coefficient (Wildman–Crippen LogP) is 3.48. The van der Waals surface area contributed by atoms with Crippen molar-refractivity contribution in [2.24, 2.45) is 0 Å². The first-order valence-electron chi connectivity index (χ1n) is 11.3. The first kappa shape index (κ1) is 24.0. The van der Waals surface area contributed by atoms with Crippen molar-refractivity contribution < 1.29 is 23.9 Å². The fraction of sp³-hybridized carbons (Fsp3) is 0.185. The van der Waals surface area contributed by atoms with Gasteiger partial charge in [0.15, 0.2) is 6.10 Å². The number of amides is 2. The number of hydrogen-bond acceptors (Lipinski definition) is 7. The smallest absolute Gasteiger partial charge is 0.356 e. The van der Waals surface area contributed by atoms with E-state index >= 15 is 0 Å². The molecule has 1 unspecified atom stereocenters. The van der Waals surface area contributed by atoms with Gasteiger partial charge >= 0.3 is 5.97 Å². The summed E-state index contributed by atoms with van der Waals surface area (Å²) >= 11 is 2.80. The quantitative estimate of drug-likeness (QED) is 0.279. The standard InChI is InChI=1S/C27H22N2O5S2/c30-15-19-16-36-26-22(28-21(31)14-20-12-7-13-35-20)25(32)29(26)23(19)27(33)34-24(17-8-3-1-4-9-17)18-10-5-2-6-11-18/h1-13,15,22,24,26H,14,16H2,(H,28,31)/t22?,26-/m1/s1. The van der Waals surface area contributed by atoms with Crippen LogP contribution in [0.3, 0.4) is 0 Å². The molecule has 182 valence electrons. The fourth-order valence-corrected chi connectivity index (χ4v) is 6.26. The van der Waals surface area contributed by atoms with E-state index in [1.807, 2.05) is 78.2 Å². The number of thioether (sulfide) groups is 1. The second-order valence-corrected chi connectivity index (χ2v) is 10.4. The number of hydrogen-bond donors (Lipinski definition) is 1. The molecule has 3 heterocycles. The number of carbonyl (C=O) groups is 4. The van der Waals surface area contributed by atoms with Gasteiger partial charge in [-0.15, -0.1) is 23.1 Å². The SMILES string of the molecule is O=CC1=C(C(=O)OC(c2ccccc2)c2ccccc2)N2C(=O)C(NC(=O)Cc3cccs3)[C@H]2SC1. The van der Waals surface area contributed by atoms with Crippen LogP contribution in [0.2, 0.25) is 0 Å². The summed E-state index contributed by atoms with van der Waals surface area (Å²) in [5.41, 5.74) is 1.67. The van der Waals surface area contributed by atoms with Crippen molar-refractivity contribution in [3.05, 3.63) is 105 Å². The second kappa shape index (κ2) is 10.5. The molecular weight excluding hydrogens is 496 g/mol. The minimum atomic E-state index is -0.766. The highest BCUT2D eigenvalue weighted by atomic mass is 32.2. The van der Waals surface area contributed by atoms with Gasteiger partial charge < -0.3 is 10.1 Å². The second-order valence-electron chi connectivity index (χ2n) is 8.31. The molecule has 3 aromatic rings. The third kappa shape index (κ3) is 4.72. The lowest BCUT2D eigenvalue weighted by molar-refractivity contribution is -0.154. The number of thiophene rings is 1. The lowest BCUT2D eigenvalue weighted by Crippen LogP contribution is -2.70. The molecule has 2 aliphatic heterocycles. The number of rotatable bonds is 8. The van der Waals surface area contributed by atoms with Crippen LogP contribution in [-0.4, -0.2) is 46.1 Å². The molecule has 5 rings (SSSR count). The Morgan fingerprint density at radius 2 is 1.69 bits per heavy atom. The van der Waals surface area contributed by atoms with Crippen LogP contribution >= 0.6 is 23.1 Å². The lowest BCUT2D eigenvalue weighted by Gasteiger charge is -2.49. The van der Waals surface area contributed by atoms with Gasteiger partial charge in [0, 0.05) is 16.2 Å². The van der Waals surface area contributed by atoms with Crippen LogP contribution in [0.4, 0.5) is 0 Å². The molecule has 0 radical (unpaired) electrons. The predicted molar refractivity (Wildman–Crippen MR) is 137 cm³/mol. The summed E-state index contributed by atoms with van der Waals surface area (Å²) in [5, 5.41) is 4.18. The minimum Gasteiger partial charge on any atom is -0.448 e. The summed E-state index contributed by atoms with van der Waals surface area (Å²) in [6.07, 6.45) is 0.0560. The zero-order valence-corrected chi connectivity index (χ0v) is 20.7.